The minimum atomic E-state index is -1.22. The SMILES string of the molecule is COc1ccc(C[C@H]2NC(=O)/C=C/C[C@@H]([C@@H](C)[C@@H](O)[C@@H](Cl)c3ccccc3)OC(=O)[C@H](CC(C)C)OC(=O)[C@H](C)CNC2=O)cc1Cl. The lowest BCUT2D eigenvalue weighted by molar-refractivity contribution is -0.177. The minimum Gasteiger partial charge on any atom is -0.495 e. The number of amides is 2. The number of alkyl halides is 1. The molecule has 0 bridgehead atoms. The number of aliphatic hydroxyl groups is 1. The number of cyclic esters (lactones) is 2. The van der Waals surface area contributed by atoms with Crippen LogP contribution in [-0.4, -0.2) is 66.9 Å². The Balaban J connectivity index is 1.92. The number of hydrogen-bond acceptors (Lipinski definition) is 8. The van der Waals surface area contributed by atoms with Crippen LogP contribution in [0.1, 0.15) is 57.0 Å². The average molecular weight is 692 g/mol. The van der Waals surface area contributed by atoms with E-state index in [2.05, 4.69) is 10.6 Å². The van der Waals surface area contributed by atoms with Crippen LogP contribution >= 0.6 is 23.2 Å². The predicted molar refractivity (Wildman–Crippen MR) is 179 cm³/mol. The molecule has 3 N–H and O–H groups in total. The van der Waals surface area contributed by atoms with E-state index < -0.39 is 65.3 Å². The number of esters is 2. The van der Waals surface area contributed by atoms with Crippen LogP contribution in [0.5, 0.6) is 5.75 Å². The molecule has 1 aliphatic heterocycles. The van der Waals surface area contributed by atoms with E-state index in [-0.39, 0.29) is 31.7 Å². The summed E-state index contributed by atoms with van der Waals surface area (Å²) in [5.74, 6) is -3.64. The van der Waals surface area contributed by atoms with E-state index in [0.717, 1.165) is 0 Å². The van der Waals surface area contributed by atoms with Gasteiger partial charge in [-0.2, -0.15) is 0 Å². The Morgan fingerprint density at radius 2 is 1.72 bits per heavy atom. The third-order valence-electron chi connectivity index (χ3n) is 7.93. The number of methoxy groups -OCH3 is 1. The maximum absolute atomic E-state index is 13.5. The second-order valence-electron chi connectivity index (χ2n) is 12.2. The molecule has 12 heteroatoms. The zero-order valence-corrected chi connectivity index (χ0v) is 28.8. The number of hydrogen-bond donors (Lipinski definition) is 3. The Morgan fingerprint density at radius 3 is 2.36 bits per heavy atom. The quantitative estimate of drug-likeness (QED) is 0.249. The molecule has 0 saturated carbocycles. The second kappa shape index (κ2) is 18.1. The number of aliphatic hydroxyl groups excluding tert-OH is 1. The molecule has 10 nitrogen and oxygen atoms in total. The fourth-order valence-corrected chi connectivity index (χ4v) is 5.72. The van der Waals surface area contributed by atoms with E-state index in [1.165, 1.54) is 19.3 Å². The fraction of sp³-hybridized carbons (Fsp3) is 0.486. The van der Waals surface area contributed by atoms with Crippen molar-refractivity contribution in [1.82, 2.24) is 10.6 Å². The van der Waals surface area contributed by atoms with Gasteiger partial charge in [0.1, 0.15) is 17.9 Å². The molecule has 2 aromatic carbocycles. The van der Waals surface area contributed by atoms with Crippen molar-refractivity contribution in [2.75, 3.05) is 13.7 Å². The van der Waals surface area contributed by atoms with Crippen molar-refractivity contribution in [2.24, 2.45) is 17.8 Å². The average Bonchev–Trinajstić information content (AvgIpc) is 3.04. The first-order valence-electron chi connectivity index (χ1n) is 15.7. The van der Waals surface area contributed by atoms with Gasteiger partial charge in [0.05, 0.1) is 29.5 Å². The molecule has 256 valence electrons. The zero-order chi connectivity index (χ0) is 34.7. The Hall–Kier alpha value is -3.60. The first-order valence-corrected chi connectivity index (χ1v) is 16.5. The number of carbonyl (C=O) groups is 4. The topological polar surface area (TPSA) is 140 Å². The Labute approximate surface area is 286 Å². The molecular weight excluding hydrogens is 647 g/mol. The van der Waals surface area contributed by atoms with Crippen molar-refractivity contribution in [3.8, 4) is 5.75 Å². The van der Waals surface area contributed by atoms with Crippen molar-refractivity contribution < 1.29 is 38.5 Å². The van der Waals surface area contributed by atoms with E-state index >= 15 is 0 Å². The number of nitrogens with one attached hydrogen (secondary N) is 2. The predicted octanol–water partition coefficient (Wildman–Crippen LogP) is 4.93. The van der Waals surface area contributed by atoms with Gasteiger partial charge in [-0.1, -0.05) is 81.8 Å². The standard InChI is InChI=1S/C35H44Cl2N2O8/c1-20(2)16-29-35(44)46-27(22(4)32(41)31(37)24-10-7-6-8-11-24)12-9-13-30(40)39-26(33(42)38-19-21(3)34(43)47-29)18-23-14-15-28(45-5)25(36)17-23/h6-11,13-15,17,20-22,26-27,29,31-32,41H,12,16,18-19H2,1-5H3,(H,38,42)(H,39,40)/b13-9+/t21-,22-,26-,27+,29+,31+,32-/m1/s1. The molecule has 0 saturated heterocycles. The lowest BCUT2D eigenvalue weighted by Crippen LogP contribution is -2.49. The molecular formula is C35H44Cl2N2O8. The van der Waals surface area contributed by atoms with Crippen LogP contribution in [0.2, 0.25) is 5.02 Å². The van der Waals surface area contributed by atoms with Crippen molar-refractivity contribution in [3.05, 3.63) is 76.8 Å². The second-order valence-corrected chi connectivity index (χ2v) is 13.1. The highest BCUT2D eigenvalue weighted by Gasteiger charge is 2.36. The van der Waals surface area contributed by atoms with Gasteiger partial charge >= 0.3 is 11.9 Å². The molecule has 1 aliphatic rings. The summed E-state index contributed by atoms with van der Waals surface area (Å²) in [6.07, 6.45) is -0.230. The zero-order valence-electron chi connectivity index (χ0n) is 27.3. The van der Waals surface area contributed by atoms with Gasteiger partial charge in [-0.05, 0) is 41.7 Å². The third-order valence-corrected chi connectivity index (χ3v) is 8.73. The summed E-state index contributed by atoms with van der Waals surface area (Å²) in [5, 5.41) is 16.2. The van der Waals surface area contributed by atoms with Gasteiger partial charge in [-0.3, -0.25) is 14.4 Å². The number of benzene rings is 2. The Bertz CT molecular complexity index is 1400. The van der Waals surface area contributed by atoms with Crippen LogP contribution in [-0.2, 0) is 35.1 Å². The highest BCUT2D eigenvalue weighted by molar-refractivity contribution is 6.32. The summed E-state index contributed by atoms with van der Waals surface area (Å²) in [7, 11) is 1.49. The molecule has 0 aliphatic carbocycles. The third kappa shape index (κ3) is 11.3. The highest BCUT2D eigenvalue weighted by Crippen LogP contribution is 2.32. The molecule has 0 spiro atoms. The van der Waals surface area contributed by atoms with Crippen LogP contribution in [0.3, 0.4) is 0 Å². The van der Waals surface area contributed by atoms with Gasteiger partial charge in [0, 0.05) is 25.3 Å². The fourth-order valence-electron chi connectivity index (χ4n) is 5.06. The Kier molecular flexibility index (Phi) is 14.6. The van der Waals surface area contributed by atoms with E-state index in [0.29, 0.717) is 21.9 Å². The van der Waals surface area contributed by atoms with Gasteiger partial charge in [0.15, 0.2) is 6.10 Å². The lowest BCUT2D eigenvalue weighted by Gasteiger charge is -2.31. The van der Waals surface area contributed by atoms with Crippen LogP contribution < -0.4 is 15.4 Å². The molecule has 7 atom stereocenters. The van der Waals surface area contributed by atoms with E-state index in [1.54, 1.807) is 56.3 Å². The molecule has 1 heterocycles. The van der Waals surface area contributed by atoms with E-state index in [1.807, 2.05) is 19.9 Å². The van der Waals surface area contributed by atoms with E-state index in [4.69, 9.17) is 37.4 Å². The van der Waals surface area contributed by atoms with Crippen molar-refractivity contribution in [1.29, 1.82) is 0 Å². The van der Waals surface area contributed by atoms with Gasteiger partial charge in [-0.15, -0.1) is 11.6 Å². The van der Waals surface area contributed by atoms with Crippen molar-refractivity contribution >= 4 is 47.0 Å². The van der Waals surface area contributed by atoms with Crippen LogP contribution in [0.4, 0.5) is 0 Å². The monoisotopic (exact) mass is 690 g/mol. The molecule has 2 aromatic rings. The highest BCUT2D eigenvalue weighted by atomic mass is 35.5. The van der Waals surface area contributed by atoms with Crippen LogP contribution in [0, 0.1) is 17.8 Å². The van der Waals surface area contributed by atoms with Crippen molar-refractivity contribution in [3.63, 3.8) is 0 Å². The maximum Gasteiger partial charge on any atom is 0.347 e. The number of ether oxygens (including phenoxy) is 3. The summed E-state index contributed by atoms with van der Waals surface area (Å²) in [4.78, 5) is 52.9. The first kappa shape index (κ1) is 37.9. The number of halogens is 2. The largest absolute Gasteiger partial charge is 0.495 e. The minimum absolute atomic E-state index is 0.0245. The van der Waals surface area contributed by atoms with Gasteiger partial charge < -0.3 is 30.0 Å². The van der Waals surface area contributed by atoms with E-state index in [9.17, 15) is 24.3 Å². The molecule has 3 rings (SSSR count). The number of carbonyl (C=O) groups excluding carboxylic acids is 4. The molecule has 0 radical (unpaired) electrons. The molecule has 0 fully saturated rings. The number of rotatable bonds is 9. The normalized spacial score (nSPS) is 24.3. The molecule has 2 amide bonds. The summed E-state index contributed by atoms with van der Waals surface area (Å²) in [6.45, 7) is 6.91. The first-order chi connectivity index (χ1) is 22.3. The lowest BCUT2D eigenvalue weighted by atomic mass is 9.90. The summed E-state index contributed by atoms with van der Waals surface area (Å²) >= 11 is 12.9. The Morgan fingerprint density at radius 1 is 1.02 bits per heavy atom. The summed E-state index contributed by atoms with van der Waals surface area (Å²) in [5.41, 5.74) is 1.36. The smallest absolute Gasteiger partial charge is 0.347 e. The summed E-state index contributed by atoms with van der Waals surface area (Å²) in [6, 6.07) is 13.0. The van der Waals surface area contributed by atoms with Gasteiger partial charge in [0.25, 0.3) is 0 Å². The maximum atomic E-state index is 13.5. The molecule has 0 aromatic heterocycles. The van der Waals surface area contributed by atoms with Gasteiger partial charge in [0.2, 0.25) is 11.8 Å². The van der Waals surface area contributed by atoms with Crippen molar-refractivity contribution in [2.45, 2.75) is 76.7 Å². The van der Waals surface area contributed by atoms with Gasteiger partial charge in [-0.25, -0.2) is 4.79 Å². The molecule has 0 unspecified atom stereocenters. The van der Waals surface area contributed by atoms with Crippen LogP contribution in [0.25, 0.3) is 0 Å². The summed E-state index contributed by atoms with van der Waals surface area (Å²) < 4.78 is 16.7. The molecule has 47 heavy (non-hydrogen) atoms. The van der Waals surface area contributed by atoms with Crippen LogP contribution in [0.15, 0.2) is 60.7 Å².